The summed E-state index contributed by atoms with van der Waals surface area (Å²) in [6, 6.07) is -2.57. The quantitative estimate of drug-likeness (QED) is 0.377. The molecule has 4 heteroatoms. The van der Waals surface area contributed by atoms with Crippen LogP contribution in [0.15, 0.2) is 12.2 Å². The van der Waals surface area contributed by atoms with Crippen LogP contribution >= 0.6 is 33.2 Å². The molecule has 1 aliphatic carbocycles. The minimum absolute atomic E-state index is 0.220. The SMILES string of the molecule is C/C=C\C(C1CCCCC1)[Si](Cl)(Cl)Cl. The second kappa shape index (κ2) is 5.79. The molecule has 0 aliphatic heterocycles. The monoisotopic (exact) mass is 270 g/mol. The fourth-order valence-corrected chi connectivity index (χ4v) is 5.77. The molecule has 0 bridgehead atoms. The molecule has 0 aromatic rings. The van der Waals surface area contributed by atoms with Crippen LogP contribution < -0.4 is 0 Å². The van der Waals surface area contributed by atoms with E-state index in [9.17, 15) is 0 Å². The zero-order valence-electron chi connectivity index (χ0n) is 8.48. The van der Waals surface area contributed by atoms with Gasteiger partial charge in [0.2, 0.25) is 0 Å². The Morgan fingerprint density at radius 2 is 1.71 bits per heavy atom. The van der Waals surface area contributed by atoms with Crippen molar-refractivity contribution in [2.75, 3.05) is 0 Å². The van der Waals surface area contributed by atoms with Crippen molar-refractivity contribution in [1.82, 2.24) is 0 Å². The van der Waals surface area contributed by atoms with Crippen LogP contribution in [0.4, 0.5) is 0 Å². The number of hydrogen-bond acceptors (Lipinski definition) is 0. The Hall–Kier alpha value is 0.827. The Bertz CT molecular complexity index is 192. The third kappa shape index (κ3) is 3.77. The van der Waals surface area contributed by atoms with Crippen LogP contribution in [0, 0.1) is 5.92 Å². The standard InChI is InChI=1S/C10H17Cl3Si/c1-2-6-10(14(11,12)13)9-7-4-3-5-8-9/h2,6,9-10H,3-5,7-8H2,1H3/b6-2-. The normalized spacial score (nSPS) is 22.9. The van der Waals surface area contributed by atoms with E-state index < -0.39 is 6.00 Å². The van der Waals surface area contributed by atoms with E-state index in [1.54, 1.807) is 0 Å². The second-order valence-corrected chi connectivity index (χ2v) is 12.8. The number of halogens is 3. The van der Waals surface area contributed by atoms with Crippen LogP contribution in [0.25, 0.3) is 0 Å². The lowest BCUT2D eigenvalue weighted by molar-refractivity contribution is 0.360. The molecule has 1 fully saturated rings. The van der Waals surface area contributed by atoms with Gasteiger partial charge in [-0.05, 0) is 12.8 Å². The zero-order chi connectivity index (χ0) is 10.6. The predicted octanol–water partition coefficient (Wildman–Crippen LogP) is 5.17. The highest BCUT2D eigenvalue weighted by molar-refractivity contribution is 7.65. The third-order valence-corrected chi connectivity index (χ3v) is 6.62. The van der Waals surface area contributed by atoms with Crippen molar-refractivity contribution in [1.29, 1.82) is 0 Å². The Balaban J connectivity index is 2.66. The summed E-state index contributed by atoms with van der Waals surface area (Å²) in [7, 11) is 0. The van der Waals surface area contributed by atoms with Crippen molar-refractivity contribution in [2.24, 2.45) is 5.92 Å². The lowest BCUT2D eigenvalue weighted by Crippen LogP contribution is -2.27. The van der Waals surface area contributed by atoms with Gasteiger partial charge in [0.1, 0.15) is 0 Å². The fourth-order valence-electron chi connectivity index (χ4n) is 2.23. The largest absolute Gasteiger partial charge is 0.348 e. The summed E-state index contributed by atoms with van der Waals surface area (Å²) in [5.41, 5.74) is 0.220. The summed E-state index contributed by atoms with van der Waals surface area (Å²) in [6.07, 6.45) is 10.5. The van der Waals surface area contributed by atoms with E-state index in [1.165, 1.54) is 32.1 Å². The Morgan fingerprint density at radius 3 is 2.14 bits per heavy atom. The third-order valence-electron chi connectivity index (χ3n) is 2.94. The van der Waals surface area contributed by atoms with E-state index >= 15 is 0 Å². The lowest BCUT2D eigenvalue weighted by atomic mass is 9.86. The zero-order valence-corrected chi connectivity index (χ0v) is 11.7. The van der Waals surface area contributed by atoms with Gasteiger partial charge in [-0.25, -0.2) is 0 Å². The van der Waals surface area contributed by atoms with Crippen molar-refractivity contribution < 1.29 is 0 Å². The Kier molecular flexibility index (Phi) is 5.33. The van der Waals surface area contributed by atoms with E-state index in [0.29, 0.717) is 5.92 Å². The van der Waals surface area contributed by atoms with E-state index in [0.717, 1.165) is 0 Å². The first-order valence-corrected chi connectivity index (χ1v) is 10.4. The van der Waals surface area contributed by atoms with Gasteiger partial charge in [0.25, 0.3) is 0 Å². The van der Waals surface area contributed by atoms with E-state index in [1.807, 2.05) is 13.0 Å². The molecule has 0 aromatic heterocycles. The maximum absolute atomic E-state index is 6.13. The Morgan fingerprint density at radius 1 is 1.14 bits per heavy atom. The van der Waals surface area contributed by atoms with Crippen LogP contribution in [0.5, 0.6) is 0 Å². The second-order valence-electron chi connectivity index (χ2n) is 3.99. The molecule has 0 heterocycles. The van der Waals surface area contributed by atoms with Gasteiger partial charge in [0, 0.05) is 5.54 Å². The molecule has 1 rings (SSSR count). The topological polar surface area (TPSA) is 0 Å². The van der Waals surface area contributed by atoms with Gasteiger partial charge in [0.15, 0.2) is 0 Å². The molecule has 0 N–H and O–H groups in total. The summed E-state index contributed by atoms with van der Waals surface area (Å²) in [6.45, 7) is 2.00. The van der Waals surface area contributed by atoms with Gasteiger partial charge in [-0.1, -0.05) is 44.3 Å². The van der Waals surface area contributed by atoms with E-state index in [2.05, 4.69) is 6.08 Å². The van der Waals surface area contributed by atoms with Gasteiger partial charge >= 0.3 is 6.00 Å². The average molecular weight is 272 g/mol. The van der Waals surface area contributed by atoms with Gasteiger partial charge < -0.3 is 0 Å². The minimum atomic E-state index is -2.57. The Labute approximate surface area is 102 Å². The molecule has 14 heavy (non-hydrogen) atoms. The van der Waals surface area contributed by atoms with Crippen molar-refractivity contribution >= 4 is 39.2 Å². The summed E-state index contributed by atoms with van der Waals surface area (Å²) in [5.74, 6) is 0.610. The van der Waals surface area contributed by atoms with E-state index in [4.69, 9.17) is 33.2 Å². The highest BCUT2D eigenvalue weighted by Gasteiger charge is 2.40. The molecule has 1 saturated carbocycles. The molecular formula is C10H17Cl3Si. The van der Waals surface area contributed by atoms with Crippen LogP contribution in [0.2, 0.25) is 5.54 Å². The first-order chi connectivity index (χ1) is 6.55. The molecule has 1 aliphatic rings. The first-order valence-electron chi connectivity index (χ1n) is 5.25. The highest BCUT2D eigenvalue weighted by Crippen LogP contribution is 2.45. The lowest BCUT2D eigenvalue weighted by Gasteiger charge is -2.31. The van der Waals surface area contributed by atoms with Crippen molar-refractivity contribution in [3.63, 3.8) is 0 Å². The molecule has 0 radical (unpaired) electrons. The molecule has 0 amide bonds. The fraction of sp³-hybridized carbons (Fsp3) is 0.800. The minimum Gasteiger partial charge on any atom is -0.125 e. The van der Waals surface area contributed by atoms with Crippen LogP contribution in [0.1, 0.15) is 39.0 Å². The van der Waals surface area contributed by atoms with Crippen molar-refractivity contribution in [3.05, 3.63) is 12.2 Å². The highest BCUT2D eigenvalue weighted by atomic mass is 35.8. The van der Waals surface area contributed by atoms with Crippen LogP contribution in [-0.4, -0.2) is 6.00 Å². The number of rotatable bonds is 3. The molecule has 82 valence electrons. The van der Waals surface area contributed by atoms with Crippen LogP contribution in [0.3, 0.4) is 0 Å². The maximum Gasteiger partial charge on any atom is 0.348 e. The number of allylic oxidation sites excluding steroid dienone is 2. The van der Waals surface area contributed by atoms with Crippen molar-refractivity contribution in [2.45, 2.75) is 44.6 Å². The molecule has 0 spiro atoms. The molecule has 0 aromatic carbocycles. The first kappa shape index (κ1) is 12.9. The molecule has 1 atom stereocenters. The average Bonchev–Trinajstić information content (AvgIpc) is 2.14. The van der Waals surface area contributed by atoms with Gasteiger partial charge in [-0.2, -0.15) is 0 Å². The van der Waals surface area contributed by atoms with Gasteiger partial charge in [-0.3, -0.25) is 0 Å². The summed E-state index contributed by atoms with van der Waals surface area (Å²) < 4.78 is 0. The molecule has 0 saturated heterocycles. The summed E-state index contributed by atoms with van der Waals surface area (Å²) in [4.78, 5) is 0. The van der Waals surface area contributed by atoms with Crippen LogP contribution in [-0.2, 0) is 0 Å². The molecule has 0 nitrogen and oxygen atoms in total. The van der Waals surface area contributed by atoms with Crippen molar-refractivity contribution in [3.8, 4) is 0 Å². The van der Waals surface area contributed by atoms with E-state index in [-0.39, 0.29) is 5.54 Å². The van der Waals surface area contributed by atoms with Gasteiger partial charge in [0.05, 0.1) is 0 Å². The molecular weight excluding hydrogens is 255 g/mol. The van der Waals surface area contributed by atoms with Gasteiger partial charge in [-0.15, -0.1) is 33.2 Å². The maximum atomic E-state index is 6.13. The summed E-state index contributed by atoms with van der Waals surface area (Å²) >= 11 is 18.4. The predicted molar refractivity (Wildman–Crippen MR) is 68.5 cm³/mol. The number of hydrogen-bond donors (Lipinski definition) is 0. The summed E-state index contributed by atoms with van der Waals surface area (Å²) in [5, 5.41) is 0. The molecule has 1 unspecified atom stereocenters. The smallest absolute Gasteiger partial charge is 0.125 e.